The number of fused-ring (bicyclic) bond motifs is 1. The summed E-state index contributed by atoms with van der Waals surface area (Å²) in [6, 6.07) is 12.1. The SMILES string of the molecule is CCOc1cc(-c2nc3ccccc3[nH]2)cc(Br)c1OC1CCCC1. The zero-order chi connectivity index (χ0) is 17.2. The fourth-order valence-electron chi connectivity index (χ4n) is 3.34. The van der Waals surface area contributed by atoms with E-state index in [2.05, 4.69) is 25.9 Å². The predicted octanol–water partition coefficient (Wildman–Crippen LogP) is 5.71. The van der Waals surface area contributed by atoms with Gasteiger partial charge < -0.3 is 14.5 Å². The summed E-state index contributed by atoms with van der Waals surface area (Å²) in [4.78, 5) is 8.06. The number of aromatic amines is 1. The third-order valence-electron chi connectivity index (χ3n) is 4.56. The van der Waals surface area contributed by atoms with E-state index in [1.807, 2.05) is 43.3 Å². The maximum atomic E-state index is 6.24. The predicted molar refractivity (Wildman–Crippen MR) is 103 cm³/mol. The molecule has 0 spiro atoms. The average Bonchev–Trinajstić information content (AvgIpc) is 3.27. The van der Waals surface area contributed by atoms with Crippen molar-refractivity contribution in [3.8, 4) is 22.9 Å². The Hall–Kier alpha value is -2.01. The second-order valence-corrected chi connectivity index (χ2v) is 7.20. The van der Waals surface area contributed by atoms with Crippen LogP contribution < -0.4 is 9.47 Å². The van der Waals surface area contributed by atoms with Crippen LogP contribution in [0.3, 0.4) is 0 Å². The Bertz CT molecular complexity index is 852. The number of nitrogens with zero attached hydrogens (tertiary/aromatic N) is 1. The van der Waals surface area contributed by atoms with E-state index >= 15 is 0 Å². The minimum atomic E-state index is 0.285. The molecule has 1 heterocycles. The Kier molecular flexibility index (Phi) is 4.66. The van der Waals surface area contributed by atoms with Crippen LogP contribution in [-0.4, -0.2) is 22.7 Å². The van der Waals surface area contributed by atoms with E-state index < -0.39 is 0 Å². The monoisotopic (exact) mass is 400 g/mol. The van der Waals surface area contributed by atoms with Crippen LogP contribution in [0.5, 0.6) is 11.5 Å². The molecule has 130 valence electrons. The molecular formula is C20H21BrN2O2. The number of para-hydroxylation sites is 2. The van der Waals surface area contributed by atoms with Gasteiger partial charge in [0.25, 0.3) is 0 Å². The fraction of sp³-hybridized carbons (Fsp3) is 0.350. The average molecular weight is 401 g/mol. The first-order valence-corrected chi connectivity index (χ1v) is 9.62. The van der Waals surface area contributed by atoms with Gasteiger partial charge in [-0.1, -0.05) is 12.1 Å². The minimum Gasteiger partial charge on any atom is -0.490 e. The summed E-state index contributed by atoms with van der Waals surface area (Å²) >= 11 is 3.67. The largest absolute Gasteiger partial charge is 0.490 e. The van der Waals surface area contributed by atoms with Gasteiger partial charge in [0, 0.05) is 5.56 Å². The summed E-state index contributed by atoms with van der Waals surface area (Å²) in [5.41, 5.74) is 2.96. The molecule has 0 atom stereocenters. The first-order chi connectivity index (χ1) is 12.2. The highest BCUT2D eigenvalue weighted by Crippen LogP contribution is 2.41. The molecule has 5 heteroatoms. The van der Waals surface area contributed by atoms with Gasteiger partial charge in [-0.25, -0.2) is 4.98 Å². The molecule has 1 aliphatic carbocycles. The molecule has 4 nitrogen and oxygen atoms in total. The quantitative estimate of drug-likeness (QED) is 0.596. The van der Waals surface area contributed by atoms with Crippen LogP contribution in [0.1, 0.15) is 32.6 Å². The number of H-pyrrole nitrogens is 1. The molecule has 0 saturated heterocycles. The number of rotatable bonds is 5. The highest BCUT2D eigenvalue weighted by molar-refractivity contribution is 9.10. The van der Waals surface area contributed by atoms with E-state index in [0.29, 0.717) is 6.61 Å². The van der Waals surface area contributed by atoms with Gasteiger partial charge >= 0.3 is 0 Å². The summed E-state index contributed by atoms with van der Waals surface area (Å²) in [5.74, 6) is 2.39. The Labute approximate surface area is 155 Å². The maximum Gasteiger partial charge on any atom is 0.175 e. The Morgan fingerprint density at radius 3 is 2.76 bits per heavy atom. The van der Waals surface area contributed by atoms with Gasteiger partial charge in [-0.15, -0.1) is 0 Å². The molecule has 0 amide bonds. The van der Waals surface area contributed by atoms with Gasteiger partial charge in [0.1, 0.15) is 5.82 Å². The third-order valence-corrected chi connectivity index (χ3v) is 5.15. The van der Waals surface area contributed by atoms with Crippen LogP contribution >= 0.6 is 15.9 Å². The van der Waals surface area contributed by atoms with Crippen LogP contribution in [0, 0.1) is 0 Å². The molecule has 1 aliphatic rings. The van der Waals surface area contributed by atoms with Crippen molar-refractivity contribution in [3.63, 3.8) is 0 Å². The molecular weight excluding hydrogens is 380 g/mol. The van der Waals surface area contributed by atoms with Gasteiger partial charge in [0.2, 0.25) is 0 Å². The second-order valence-electron chi connectivity index (χ2n) is 6.35. The fourth-order valence-corrected chi connectivity index (χ4v) is 3.88. The highest BCUT2D eigenvalue weighted by Gasteiger charge is 2.21. The summed E-state index contributed by atoms with van der Waals surface area (Å²) in [6.45, 7) is 2.58. The molecule has 1 saturated carbocycles. The normalized spacial score (nSPS) is 15.0. The van der Waals surface area contributed by atoms with E-state index in [9.17, 15) is 0 Å². The van der Waals surface area contributed by atoms with Crippen molar-refractivity contribution in [2.75, 3.05) is 6.61 Å². The van der Waals surface area contributed by atoms with Crippen molar-refractivity contribution in [3.05, 3.63) is 40.9 Å². The first kappa shape index (κ1) is 16.5. The number of aromatic nitrogens is 2. The van der Waals surface area contributed by atoms with Crippen molar-refractivity contribution in [1.82, 2.24) is 9.97 Å². The van der Waals surface area contributed by atoms with Gasteiger partial charge in [-0.2, -0.15) is 0 Å². The molecule has 1 fully saturated rings. The smallest absolute Gasteiger partial charge is 0.175 e. The minimum absolute atomic E-state index is 0.285. The topological polar surface area (TPSA) is 47.1 Å². The number of imidazole rings is 1. The maximum absolute atomic E-state index is 6.24. The van der Waals surface area contributed by atoms with Gasteiger partial charge in [-0.3, -0.25) is 0 Å². The lowest BCUT2D eigenvalue weighted by molar-refractivity contribution is 0.195. The number of hydrogen-bond donors (Lipinski definition) is 1. The summed E-state index contributed by atoms with van der Waals surface area (Å²) in [6.07, 6.45) is 4.99. The van der Waals surface area contributed by atoms with Gasteiger partial charge in [-0.05, 0) is 72.8 Å². The van der Waals surface area contributed by atoms with Crippen LogP contribution in [0.25, 0.3) is 22.4 Å². The summed E-state index contributed by atoms with van der Waals surface area (Å²) in [7, 11) is 0. The van der Waals surface area contributed by atoms with Crippen molar-refractivity contribution in [2.45, 2.75) is 38.7 Å². The van der Waals surface area contributed by atoms with Crippen LogP contribution in [0.2, 0.25) is 0 Å². The number of hydrogen-bond acceptors (Lipinski definition) is 3. The highest BCUT2D eigenvalue weighted by atomic mass is 79.9. The number of nitrogens with one attached hydrogen (secondary N) is 1. The molecule has 0 unspecified atom stereocenters. The van der Waals surface area contributed by atoms with Crippen molar-refractivity contribution in [2.24, 2.45) is 0 Å². The Morgan fingerprint density at radius 2 is 2.00 bits per heavy atom. The lowest BCUT2D eigenvalue weighted by Gasteiger charge is -2.18. The molecule has 0 aliphatic heterocycles. The summed E-state index contributed by atoms with van der Waals surface area (Å²) in [5, 5.41) is 0. The molecule has 0 radical (unpaired) electrons. The number of ether oxygens (including phenoxy) is 2. The molecule has 2 aromatic carbocycles. The van der Waals surface area contributed by atoms with E-state index in [-0.39, 0.29) is 6.10 Å². The van der Waals surface area contributed by atoms with Crippen LogP contribution in [0.15, 0.2) is 40.9 Å². The molecule has 3 aromatic rings. The summed E-state index contributed by atoms with van der Waals surface area (Å²) < 4.78 is 13.0. The first-order valence-electron chi connectivity index (χ1n) is 8.82. The Morgan fingerprint density at radius 1 is 1.20 bits per heavy atom. The molecule has 4 rings (SSSR count). The molecule has 25 heavy (non-hydrogen) atoms. The van der Waals surface area contributed by atoms with Gasteiger partial charge in [0.15, 0.2) is 11.5 Å². The zero-order valence-electron chi connectivity index (χ0n) is 14.2. The van der Waals surface area contributed by atoms with Crippen molar-refractivity contribution < 1.29 is 9.47 Å². The van der Waals surface area contributed by atoms with E-state index in [1.54, 1.807) is 0 Å². The lowest BCUT2D eigenvalue weighted by atomic mass is 10.2. The van der Waals surface area contributed by atoms with E-state index in [4.69, 9.17) is 9.47 Å². The lowest BCUT2D eigenvalue weighted by Crippen LogP contribution is -2.12. The number of halogens is 1. The molecule has 1 N–H and O–H groups in total. The Balaban J connectivity index is 1.73. The van der Waals surface area contributed by atoms with Crippen molar-refractivity contribution in [1.29, 1.82) is 0 Å². The standard InChI is InChI=1S/C20H21BrN2O2/c1-2-24-18-12-13(20-22-16-9-5-6-10-17(16)23-20)11-15(21)19(18)25-14-7-3-4-8-14/h5-6,9-12,14H,2-4,7-8H2,1H3,(H,22,23). The van der Waals surface area contributed by atoms with Crippen LogP contribution in [-0.2, 0) is 0 Å². The third kappa shape index (κ3) is 3.38. The van der Waals surface area contributed by atoms with Crippen LogP contribution in [0.4, 0.5) is 0 Å². The van der Waals surface area contributed by atoms with Crippen molar-refractivity contribution >= 4 is 27.0 Å². The second kappa shape index (κ2) is 7.08. The number of benzene rings is 2. The molecule has 1 aromatic heterocycles. The zero-order valence-corrected chi connectivity index (χ0v) is 15.8. The van der Waals surface area contributed by atoms with E-state index in [1.165, 1.54) is 12.8 Å². The van der Waals surface area contributed by atoms with E-state index in [0.717, 1.165) is 51.2 Å². The molecule has 0 bridgehead atoms. The van der Waals surface area contributed by atoms with Gasteiger partial charge in [0.05, 0.1) is 28.2 Å².